The normalized spacial score (nSPS) is 45.9. The molecule has 3 fully saturated rings. The van der Waals surface area contributed by atoms with Crippen LogP contribution in [-0.4, -0.2) is 28.3 Å². The maximum absolute atomic E-state index is 12.0. The molecule has 0 radical (unpaired) electrons. The summed E-state index contributed by atoms with van der Waals surface area (Å²) < 4.78 is 0. The number of urea groups is 1. The second kappa shape index (κ2) is 2.60. The lowest BCUT2D eigenvalue weighted by Gasteiger charge is -2.41. The summed E-state index contributed by atoms with van der Waals surface area (Å²) in [6.07, 6.45) is 7.19. The van der Waals surface area contributed by atoms with Gasteiger partial charge in [0.15, 0.2) is 0 Å². The van der Waals surface area contributed by atoms with Crippen LogP contribution in [-0.2, 0) is 0 Å². The van der Waals surface area contributed by atoms with Crippen molar-refractivity contribution in [2.75, 3.05) is 0 Å². The third-order valence-electron chi connectivity index (χ3n) is 5.02. The van der Waals surface area contributed by atoms with Crippen LogP contribution in [0, 0.1) is 11.8 Å². The molecule has 3 unspecified atom stereocenters. The van der Waals surface area contributed by atoms with E-state index in [0.29, 0.717) is 17.8 Å². The zero-order chi connectivity index (χ0) is 10.9. The Morgan fingerprint density at radius 3 is 2.69 bits per heavy atom. The Labute approximate surface area is 94.9 Å². The first-order chi connectivity index (χ1) is 7.72. The molecule has 1 aliphatic heterocycles. The Bertz CT molecular complexity index is 401. The van der Waals surface area contributed by atoms with E-state index in [1.165, 1.54) is 19.3 Å². The Balaban J connectivity index is 1.79. The number of amides is 2. The Hall–Kier alpha value is -1.06. The van der Waals surface area contributed by atoms with E-state index >= 15 is 0 Å². The summed E-state index contributed by atoms with van der Waals surface area (Å²) in [6, 6.07) is 0.379. The zero-order valence-corrected chi connectivity index (χ0v) is 9.35. The van der Waals surface area contributed by atoms with Gasteiger partial charge in [0, 0.05) is 6.04 Å². The van der Waals surface area contributed by atoms with E-state index < -0.39 is 0 Å². The number of rotatable bonds is 1. The van der Waals surface area contributed by atoms with E-state index in [0.717, 1.165) is 25.2 Å². The number of aliphatic imine (C=N–C) groups is 1. The van der Waals surface area contributed by atoms with Crippen molar-refractivity contribution in [3.05, 3.63) is 0 Å². The molecule has 4 rings (SSSR count). The maximum atomic E-state index is 12.0. The number of hydrogen-bond acceptors (Lipinski definition) is 2. The predicted molar refractivity (Wildman–Crippen MR) is 60.1 cm³/mol. The van der Waals surface area contributed by atoms with Crippen molar-refractivity contribution < 1.29 is 4.79 Å². The Kier molecular flexibility index (Phi) is 1.47. The van der Waals surface area contributed by atoms with Gasteiger partial charge >= 0.3 is 6.03 Å². The number of fused-ring (bicyclic) bond motifs is 3. The summed E-state index contributed by atoms with van der Waals surface area (Å²) in [7, 11) is 0. The molecule has 86 valence electrons. The summed E-state index contributed by atoms with van der Waals surface area (Å²) in [5.74, 6) is 2.00. The lowest BCUT2D eigenvalue weighted by atomic mass is 9.79. The highest BCUT2D eigenvalue weighted by molar-refractivity contribution is 6.06. The molecule has 16 heavy (non-hydrogen) atoms. The molecule has 2 bridgehead atoms. The van der Waals surface area contributed by atoms with Gasteiger partial charge in [0.1, 0.15) is 11.4 Å². The number of nitrogens with zero attached hydrogens (tertiary/aromatic N) is 2. The van der Waals surface area contributed by atoms with Crippen LogP contribution in [0.3, 0.4) is 0 Å². The number of carbonyl (C=O) groups is 1. The molecule has 4 heteroatoms. The number of carbonyl (C=O) groups excluding carboxylic acids is 1. The van der Waals surface area contributed by atoms with Crippen LogP contribution in [0.15, 0.2) is 4.99 Å². The zero-order valence-electron chi connectivity index (χ0n) is 9.35. The third kappa shape index (κ3) is 0.874. The fourth-order valence-corrected chi connectivity index (χ4v) is 4.27. The van der Waals surface area contributed by atoms with Gasteiger partial charge in [-0.2, -0.15) is 4.99 Å². The number of hydrogen-bond donors (Lipinski definition) is 1. The summed E-state index contributed by atoms with van der Waals surface area (Å²) in [5, 5.41) is 0. The van der Waals surface area contributed by atoms with Gasteiger partial charge < -0.3 is 10.6 Å². The van der Waals surface area contributed by atoms with Crippen LogP contribution < -0.4 is 5.73 Å². The summed E-state index contributed by atoms with van der Waals surface area (Å²) in [6.45, 7) is 0. The molecule has 0 aromatic heterocycles. The first-order valence-corrected chi connectivity index (χ1v) is 6.40. The molecule has 3 saturated carbocycles. The summed E-state index contributed by atoms with van der Waals surface area (Å²) >= 11 is 0. The van der Waals surface area contributed by atoms with E-state index in [-0.39, 0.29) is 11.6 Å². The molecule has 0 aromatic carbocycles. The monoisotopic (exact) mass is 219 g/mol. The molecule has 1 heterocycles. The maximum Gasteiger partial charge on any atom is 0.346 e. The largest absolute Gasteiger partial charge is 0.385 e. The minimum atomic E-state index is -0.152. The average molecular weight is 219 g/mol. The van der Waals surface area contributed by atoms with E-state index in [1.807, 2.05) is 4.90 Å². The van der Waals surface area contributed by atoms with Crippen molar-refractivity contribution >= 4 is 11.9 Å². The average Bonchev–Trinajstić information content (AvgIpc) is 2.79. The lowest BCUT2D eigenvalue weighted by Crippen LogP contribution is -2.58. The standard InChI is InChI=1S/C12H17N3O/c13-10-12(6-7-1-2-8(12)5-7)15(9-3-4-9)11(16)14-10/h7-9H,1-6H2,(H2,13,14,16). The molecule has 3 aliphatic carbocycles. The summed E-state index contributed by atoms with van der Waals surface area (Å²) in [4.78, 5) is 18.1. The van der Waals surface area contributed by atoms with Gasteiger partial charge in [0.2, 0.25) is 0 Å². The Morgan fingerprint density at radius 1 is 1.31 bits per heavy atom. The van der Waals surface area contributed by atoms with Crippen molar-refractivity contribution in [1.29, 1.82) is 0 Å². The molecular weight excluding hydrogens is 202 g/mol. The van der Waals surface area contributed by atoms with Crippen LogP contribution >= 0.6 is 0 Å². The lowest BCUT2D eigenvalue weighted by molar-refractivity contribution is 0.125. The van der Waals surface area contributed by atoms with Gasteiger partial charge in [0.05, 0.1) is 0 Å². The van der Waals surface area contributed by atoms with Gasteiger partial charge in [-0.3, -0.25) is 0 Å². The SMILES string of the molecule is NC1=NC(=O)N(C2CC2)C12CC1CCC2C1. The molecule has 2 N–H and O–H groups in total. The number of amidine groups is 1. The first kappa shape index (κ1) is 9.02. The topological polar surface area (TPSA) is 58.7 Å². The quantitative estimate of drug-likeness (QED) is 0.726. The third-order valence-corrected chi connectivity index (χ3v) is 5.02. The molecule has 0 saturated heterocycles. The van der Waals surface area contributed by atoms with Crippen LogP contribution in [0.1, 0.15) is 38.5 Å². The van der Waals surface area contributed by atoms with E-state index in [9.17, 15) is 4.79 Å². The van der Waals surface area contributed by atoms with Gasteiger partial charge in [-0.1, -0.05) is 0 Å². The molecule has 1 spiro atoms. The van der Waals surface area contributed by atoms with Crippen molar-refractivity contribution in [3.8, 4) is 0 Å². The minimum absolute atomic E-state index is 0.0625. The van der Waals surface area contributed by atoms with Crippen molar-refractivity contribution in [3.63, 3.8) is 0 Å². The van der Waals surface area contributed by atoms with Gasteiger partial charge in [-0.15, -0.1) is 0 Å². The minimum Gasteiger partial charge on any atom is -0.385 e. The van der Waals surface area contributed by atoms with Gasteiger partial charge in [-0.25, -0.2) is 4.79 Å². The smallest absolute Gasteiger partial charge is 0.346 e. The molecule has 2 amide bonds. The first-order valence-electron chi connectivity index (χ1n) is 6.40. The predicted octanol–water partition coefficient (Wildman–Crippen LogP) is 1.50. The van der Waals surface area contributed by atoms with Gasteiger partial charge in [0.25, 0.3) is 0 Å². The van der Waals surface area contributed by atoms with Crippen LogP contribution in [0.2, 0.25) is 0 Å². The highest BCUT2D eigenvalue weighted by Gasteiger charge is 2.63. The van der Waals surface area contributed by atoms with Crippen LogP contribution in [0.25, 0.3) is 0 Å². The molecule has 3 atom stereocenters. The highest BCUT2D eigenvalue weighted by Crippen LogP contribution is 2.57. The van der Waals surface area contributed by atoms with Crippen LogP contribution in [0.5, 0.6) is 0 Å². The summed E-state index contributed by atoms with van der Waals surface area (Å²) in [5.41, 5.74) is 5.94. The van der Waals surface area contributed by atoms with Crippen molar-refractivity contribution in [2.24, 2.45) is 22.6 Å². The fraction of sp³-hybridized carbons (Fsp3) is 0.833. The second-order valence-electron chi connectivity index (χ2n) is 5.89. The van der Waals surface area contributed by atoms with E-state index in [4.69, 9.17) is 5.73 Å². The van der Waals surface area contributed by atoms with E-state index in [2.05, 4.69) is 4.99 Å². The van der Waals surface area contributed by atoms with Gasteiger partial charge in [-0.05, 0) is 50.4 Å². The molecule has 4 nitrogen and oxygen atoms in total. The molecule has 0 aromatic rings. The molecular formula is C12H17N3O. The number of nitrogens with two attached hydrogens (primary N) is 1. The second-order valence-corrected chi connectivity index (χ2v) is 5.89. The fourth-order valence-electron chi connectivity index (χ4n) is 4.27. The Morgan fingerprint density at radius 2 is 2.12 bits per heavy atom. The van der Waals surface area contributed by atoms with Crippen molar-refractivity contribution in [1.82, 2.24) is 4.90 Å². The van der Waals surface area contributed by atoms with E-state index in [1.54, 1.807) is 0 Å². The van der Waals surface area contributed by atoms with Crippen LogP contribution in [0.4, 0.5) is 4.79 Å². The van der Waals surface area contributed by atoms with Crippen molar-refractivity contribution in [2.45, 2.75) is 50.1 Å². The molecule has 4 aliphatic rings. The highest BCUT2D eigenvalue weighted by atomic mass is 16.2.